The van der Waals surface area contributed by atoms with E-state index in [4.69, 9.17) is 9.47 Å². The maximum Gasteiger partial charge on any atom is 0.165 e. The highest BCUT2D eigenvalue weighted by atomic mass is 16.5. The molecule has 0 radical (unpaired) electrons. The lowest BCUT2D eigenvalue weighted by Crippen LogP contribution is -2.12. The maximum atomic E-state index is 11.5. The van der Waals surface area contributed by atoms with Crippen LogP contribution in [-0.2, 0) is 4.79 Å². The minimum Gasteiger partial charge on any atom is -0.496 e. The Kier molecular flexibility index (Phi) is 4.52. The van der Waals surface area contributed by atoms with Gasteiger partial charge in [-0.2, -0.15) is 0 Å². The fraction of sp³-hybridized carbons (Fsp3) is 0.462. The number of carbonyl (C=O) groups excluding carboxylic acids is 1. The summed E-state index contributed by atoms with van der Waals surface area (Å²) in [5.41, 5.74) is 1.26. The molecule has 94 valence electrons. The van der Waals surface area contributed by atoms with Gasteiger partial charge in [0.2, 0.25) is 0 Å². The molecule has 0 heterocycles. The van der Waals surface area contributed by atoms with Gasteiger partial charge in [-0.1, -0.05) is 6.92 Å². The van der Waals surface area contributed by atoms with Crippen LogP contribution in [-0.4, -0.2) is 25.1 Å². The van der Waals surface area contributed by atoms with Gasteiger partial charge in [0.25, 0.3) is 0 Å². The summed E-state index contributed by atoms with van der Waals surface area (Å²) in [7, 11) is 3.07. The minimum absolute atomic E-state index is 0.229. The van der Waals surface area contributed by atoms with Gasteiger partial charge in [0, 0.05) is 17.5 Å². The first kappa shape index (κ1) is 13.5. The molecule has 4 nitrogen and oxygen atoms in total. The van der Waals surface area contributed by atoms with E-state index in [-0.39, 0.29) is 12.2 Å². The third-order valence-corrected chi connectivity index (χ3v) is 2.76. The molecule has 0 aliphatic carbocycles. The van der Waals surface area contributed by atoms with Crippen LogP contribution in [0.4, 0.5) is 0 Å². The number of hydrogen-bond acceptors (Lipinski definition) is 4. The lowest BCUT2D eigenvalue weighted by molar-refractivity contribution is -0.127. The quantitative estimate of drug-likeness (QED) is 0.852. The van der Waals surface area contributed by atoms with Crippen molar-refractivity contribution in [3.05, 3.63) is 23.3 Å². The van der Waals surface area contributed by atoms with E-state index in [9.17, 15) is 9.90 Å². The van der Waals surface area contributed by atoms with Gasteiger partial charge in [0.15, 0.2) is 5.78 Å². The van der Waals surface area contributed by atoms with Gasteiger partial charge >= 0.3 is 0 Å². The molecule has 0 bridgehead atoms. The van der Waals surface area contributed by atoms with Crippen molar-refractivity contribution >= 4 is 5.78 Å². The van der Waals surface area contributed by atoms with E-state index in [0.29, 0.717) is 17.1 Å². The van der Waals surface area contributed by atoms with E-state index in [0.717, 1.165) is 5.56 Å². The number of methoxy groups -OCH3 is 2. The second-order valence-electron chi connectivity index (χ2n) is 3.74. The molecule has 1 aromatic rings. The number of aliphatic hydroxyl groups excluding tert-OH is 1. The van der Waals surface area contributed by atoms with Crippen molar-refractivity contribution < 1.29 is 19.4 Å². The van der Waals surface area contributed by atoms with E-state index in [1.807, 2.05) is 6.92 Å². The zero-order chi connectivity index (χ0) is 13.0. The van der Waals surface area contributed by atoms with E-state index in [2.05, 4.69) is 0 Å². The minimum atomic E-state index is -1.14. The number of Topliss-reactive ketones (excluding diaryl/α,β-unsaturated/α-hetero) is 1. The Hall–Kier alpha value is -1.55. The van der Waals surface area contributed by atoms with Crippen molar-refractivity contribution in [2.75, 3.05) is 14.2 Å². The highest BCUT2D eigenvalue weighted by Gasteiger charge is 2.22. The first-order chi connectivity index (χ1) is 8.06. The highest BCUT2D eigenvalue weighted by molar-refractivity contribution is 5.84. The molecule has 1 N–H and O–H groups in total. The summed E-state index contributed by atoms with van der Waals surface area (Å²) in [4.78, 5) is 11.5. The van der Waals surface area contributed by atoms with Crippen LogP contribution < -0.4 is 9.47 Å². The van der Waals surface area contributed by atoms with Gasteiger partial charge in [-0.25, -0.2) is 0 Å². The Morgan fingerprint density at radius 1 is 1.35 bits per heavy atom. The molecule has 1 rings (SSSR count). The largest absolute Gasteiger partial charge is 0.496 e. The Bertz CT molecular complexity index is 412. The Balaban J connectivity index is 3.25. The van der Waals surface area contributed by atoms with E-state index < -0.39 is 6.10 Å². The monoisotopic (exact) mass is 238 g/mol. The van der Waals surface area contributed by atoms with Crippen LogP contribution in [0, 0.1) is 6.92 Å². The summed E-state index contributed by atoms with van der Waals surface area (Å²) in [6.45, 7) is 3.54. The summed E-state index contributed by atoms with van der Waals surface area (Å²) in [6, 6.07) is 3.38. The van der Waals surface area contributed by atoms with Crippen LogP contribution in [0.3, 0.4) is 0 Å². The SMILES string of the molecule is CCC(=O)C(O)c1ccc(OC)c(C)c1OC. The molecule has 1 atom stereocenters. The van der Waals surface area contributed by atoms with Crippen LogP contribution in [0.5, 0.6) is 11.5 Å². The van der Waals surface area contributed by atoms with Crippen LogP contribution >= 0.6 is 0 Å². The normalized spacial score (nSPS) is 12.1. The summed E-state index contributed by atoms with van der Waals surface area (Å²) in [6.07, 6.45) is -0.852. The van der Waals surface area contributed by atoms with Crippen LogP contribution in [0.25, 0.3) is 0 Å². The smallest absolute Gasteiger partial charge is 0.165 e. The summed E-state index contributed by atoms with van der Waals surface area (Å²) >= 11 is 0. The molecule has 0 aliphatic heterocycles. The average Bonchev–Trinajstić information content (AvgIpc) is 2.36. The Labute approximate surface area is 101 Å². The molecular formula is C13H18O4. The lowest BCUT2D eigenvalue weighted by atomic mass is 10.00. The molecular weight excluding hydrogens is 220 g/mol. The third kappa shape index (κ3) is 2.58. The summed E-state index contributed by atoms with van der Waals surface area (Å²) in [5.74, 6) is 0.938. The molecule has 0 aromatic heterocycles. The topological polar surface area (TPSA) is 55.8 Å². The van der Waals surface area contributed by atoms with Gasteiger partial charge in [-0.3, -0.25) is 4.79 Å². The molecule has 0 saturated heterocycles. The zero-order valence-corrected chi connectivity index (χ0v) is 10.6. The maximum absolute atomic E-state index is 11.5. The molecule has 1 unspecified atom stereocenters. The molecule has 0 aliphatic rings. The Morgan fingerprint density at radius 2 is 2.00 bits per heavy atom. The number of ketones is 1. The standard InChI is InChI=1S/C13H18O4/c1-5-10(14)12(15)9-6-7-11(16-3)8(2)13(9)17-4/h6-7,12,15H,5H2,1-4H3. The predicted octanol–water partition coefficient (Wildman–Crippen LogP) is 2.02. The van der Waals surface area contributed by atoms with E-state index in [1.165, 1.54) is 7.11 Å². The number of benzene rings is 1. The van der Waals surface area contributed by atoms with E-state index >= 15 is 0 Å². The van der Waals surface area contributed by atoms with Crippen molar-refractivity contribution in [2.24, 2.45) is 0 Å². The van der Waals surface area contributed by atoms with Crippen molar-refractivity contribution in [3.8, 4) is 11.5 Å². The second kappa shape index (κ2) is 5.68. The zero-order valence-electron chi connectivity index (χ0n) is 10.6. The van der Waals surface area contributed by atoms with Gasteiger partial charge in [0.1, 0.15) is 17.6 Å². The Morgan fingerprint density at radius 3 is 2.47 bits per heavy atom. The van der Waals surface area contributed by atoms with Crippen LogP contribution in [0.2, 0.25) is 0 Å². The number of carbonyl (C=O) groups is 1. The van der Waals surface area contributed by atoms with Crippen LogP contribution in [0.1, 0.15) is 30.6 Å². The number of aliphatic hydroxyl groups is 1. The van der Waals surface area contributed by atoms with Gasteiger partial charge in [-0.05, 0) is 19.1 Å². The van der Waals surface area contributed by atoms with Crippen LogP contribution in [0.15, 0.2) is 12.1 Å². The van der Waals surface area contributed by atoms with Crippen molar-refractivity contribution in [3.63, 3.8) is 0 Å². The first-order valence-corrected chi connectivity index (χ1v) is 5.49. The molecule has 17 heavy (non-hydrogen) atoms. The molecule has 0 amide bonds. The first-order valence-electron chi connectivity index (χ1n) is 5.49. The van der Waals surface area contributed by atoms with E-state index in [1.54, 1.807) is 26.2 Å². The fourth-order valence-corrected chi connectivity index (χ4v) is 1.77. The highest BCUT2D eigenvalue weighted by Crippen LogP contribution is 2.35. The number of rotatable bonds is 5. The van der Waals surface area contributed by atoms with Crippen molar-refractivity contribution in [2.45, 2.75) is 26.4 Å². The molecule has 0 spiro atoms. The van der Waals surface area contributed by atoms with Gasteiger partial charge in [0.05, 0.1) is 14.2 Å². The third-order valence-electron chi connectivity index (χ3n) is 2.76. The molecule has 0 saturated carbocycles. The van der Waals surface area contributed by atoms with Gasteiger partial charge < -0.3 is 14.6 Å². The predicted molar refractivity (Wildman–Crippen MR) is 64.5 cm³/mol. The fourth-order valence-electron chi connectivity index (χ4n) is 1.77. The average molecular weight is 238 g/mol. The lowest BCUT2D eigenvalue weighted by Gasteiger charge is -2.17. The van der Waals surface area contributed by atoms with Gasteiger partial charge in [-0.15, -0.1) is 0 Å². The number of hydrogen-bond donors (Lipinski definition) is 1. The van der Waals surface area contributed by atoms with Crippen molar-refractivity contribution in [1.29, 1.82) is 0 Å². The second-order valence-corrected chi connectivity index (χ2v) is 3.74. The molecule has 0 fully saturated rings. The molecule has 1 aromatic carbocycles. The summed E-state index contributed by atoms with van der Waals surface area (Å²) < 4.78 is 10.4. The number of ether oxygens (including phenoxy) is 2. The summed E-state index contributed by atoms with van der Waals surface area (Å²) in [5, 5.41) is 9.92. The van der Waals surface area contributed by atoms with Crippen molar-refractivity contribution in [1.82, 2.24) is 0 Å². The molecule has 4 heteroatoms.